The highest BCUT2D eigenvalue weighted by molar-refractivity contribution is 5.13. The molecule has 0 bridgehead atoms. The van der Waals surface area contributed by atoms with Crippen molar-refractivity contribution in [3.63, 3.8) is 0 Å². The highest BCUT2D eigenvalue weighted by Gasteiger charge is 2.12. The van der Waals surface area contributed by atoms with Gasteiger partial charge < -0.3 is 10.1 Å². The van der Waals surface area contributed by atoms with Gasteiger partial charge >= 0.3 is 0 Å². The molecule has 1 aliphatic heterocycles. The van der Waals surface area contributed by atoms with Crippen molar-refractivity contribution in [2.45, 2.75) is 25.6 Å². The zero-order valence-electron chi connectivity index (χ0n) is 8.41. The summed E-state index contributed by atoms with van der Waals surface area (Å²) in [5.41, 5.74) is 1.26. The number of benzene rings is 1. The van der Waals surface area contributed by atoms with E-state index in [4.69, 9.17) is 4.74 Å². The normalized spacial score (nSPS) is 22.1. The first-order valence-corrected chi connectivity index (χ1v) is 5.31. The van der Waals surface area contributed by atoms with Gasteiger partial charge in [0.25, 0.3) is 0 Å². The van der Waals surface area contributed by atoms with E-state index in [2.05, 4.69) is 29.6 Å². The molecular formula is C12H17NO. The Labute approximate surface area is 85.3 Å². The fraction of sp³-hybridized carbons (Fsp3) is 0.500. The van der Waals surface area contributed by atoms with Crippen LogP contribution in [0.4, 0.5) is 0 Å². The summed E-state index contributed by atoms with van der Waals surface area (Å²) in [7, 11) is 0. The van der Waals surface area contributed by atoms with Crippen LogP contribution in [0.1, 0.15) is 18.4 Å². The quantitative estimate of drug-likeness (QED) is 0.788. The Morgan fingerprint density at radius 1 is 1.29 bits per heavy atom. The first-order chi connectivity index (χ1) is 6.95. The van der Waals surface area contributed by atoms with Crippen molar-refractivity contribution < 1.29 is 4.74 Å². The molecule has 2 rings (SSSR count). The minimum Gasteiger partial charge on any atom is -0.372 e. The lowest BCUT2D eigenvalue weighted by atomic mass is 10.1. The molecule has 1 aliphatic rings. The molecule has 1 aromatic rings. The molecule has 1 heterocycles. The van der Waals surface area contributed by atoms with Gasteiger partial charge in [-0.1, -0.05) is 30.3 Å². The van der Waals surface area contributed by atoms with Crippen LogP contribution in [0, 0.1) is 0 Å². The molecule has 0 aromatic heterocycles. The molecule has 1 fully saturated rings. The molecule has 1 saturated heterocycles. The summed E-state index contributed by atoms with van der Waals surface area (Å²) in [6.45, 7) is 2.89. The number of piperidine rings is 1. The van der Waals surface area contributed by atoms with Gasteiger partial charge in [0.05, 0.1) is 12.7 Å². The summed E-state index contributed by atoms with van der Waals surface area (Å²) in [5.74, 6) is 0. The predicted molar refractivity (Wildman–Crippen MR) is 57.1 cm³/mol. The predicted octanol–water partition coefficient (Wildman–Crippen LogP) is 1.96. The molecule has 0 aliphatic carbocycles. The first-order valence-electron chi connectivity index (χ1n) is 5.31. The van der Waals surface area contributed by atoms with Gasteiger partial charge in [-0.15, -0.1) is 0 Å². The van der Waals surface area contributed by atoms with Crippen LogP contribution < -0.4 is 5.32 Å². The van der Waals surface area contributed by atoms with Gasteiger partial charge in [-0.3, -0.25) is 0 Å². The van der Waals surface area contributed by atoms with Crippen LogP contribution >= 0.6 is 0 Å². The monoisotopic (exact) mass is 191 g/mol. The second-order valence-corrected chi connectivity index (χ2v) is 3.76. The van der Waals surface area contributed by atoms with Crippen LogP contribution in [-0.2, 0) is 11.3 Å². The third kappa shape index (κ3) is 2.82. The average molecular weight is 191 g/mol. The fourth-order valence-electron chi connectivity index (χ4n) is 1.75. The van der Waals surface area contributed by atoms with Crippen molar-refractivity contribution in [2.24, 2.45) is 0 Å². The van der Waals surface area contributed by atoms with Crippen molar-refractivity contribution in [3.8, 4) is 0 Å². The lowest BCUT2D eigenvalue weighted by molar-refractivity contribution is 0.0253. The molecule has 1 aromatic carbocycles. The maximum absolute atomic E-state index is 5.81. The van der Waals surface area contributed by atoms with Crippen LogP contribution in [0.2, 0.25) is 0 Å². The zero-order chi connectivity index (χ0) is 9.64. The highest BCUT2D eigenvalue weighted by atomic mass is 16.5. The van der Waals surface area contributed by atoms with E-state index in [1.165, 1.54) is 18.4 Å². The van der Waals surface area contributed by atoms with Gasteiger partial charge in [0, 0.05) is 6.54 Å². The van der Waals surface area contributed by atoms with Crippen LogP contribution in [0.3, 0.4) is 0 Å². The third-order valence-electron chi connectivity index (χ3n) is 2.58. The van der Waals surface area contributed by atoms with Crippen LogP contribution in [0.5, 0.6) is 0 Å². The number of rotatable bonds is 3. The summed E-state index contributed by atoms with van der Waals surface area (Å²) >= 11 is 0. The van der Waals surface area contributed by atoms with Crippen molar-refractivity contribution in [2.75, 3.05) is 13.1 Å². The van der Waals surface area contributed by atoms with Crippen molar-refractivity contribution in [1.29, 1.82) is 0 Å². The molecule has 0 radical (unpaired) electrons. The number of ether oxygens (including phenoxy) is 1. The first kappa shape index (κ1) is 9.69. The molecule has 0 unspecified atom stereocenters. The van der Waals surface area contributed by atoms with Crippen molar-refractivity contribution in [3.05, 3.63) is 35.9 Å². The van der Waals surface area contributed by atoms with E-state index >= 15 is 0 Å². The minimum absolute atomic E-state index is 0.406. The standard InChI is InChI=1S/C12H17NO/c1-2-5-11(6-3-1)10-14-12-7-4-8-13-9-12/h1-3,5-6,12-13H,4,7-10H2/t12-/m0/s1. The molecule has 1 atom stereocenters. The van der Waals surface area contributed by atoms with Crippen molar-refractivity contribution >= 4 is 0 Å². The zero-order valence-corrected chi connectivity index (χ0v) is 8.41. The number of hydrogen-bond donors (Lipinski definition) is 1. The molecular weight excluding hydrogens is 174 g/mol. The Bertz CT molecular complexity index is 254. The van der Waals surface area contributed by atoms with E-state index in [1.54, 1.807) is 0 Å². The topological polar surface area (TPSA) is 21.3 Å². The molecule has 76 valence electrons. The van der Waals surface area contributed by atoms with E-state index < -0.39 is 0 Å². The van der Waals surface area contributed by atoms with Gasteiger partial charge in [-0.2, -0.15) is 0 Å². The Morgan fingerprint density at radius 3 is 2.86 bits per heavy atom. The molecule has 14 heavy (non-hydrogen) atoms. The van der Waals surface area contributed by atoms with Crippen LogP contribution in [0.25, 0.3) is 0 Å². The van der Waals surface area contributed by atoms with Crippen LogP contribution in [0.15, 0.2) is 30.3 Å². The summed E-state index contributed by atoms with van der Waals surface area (Å²) in [6.07, 6.45) is 2.84. The summed E-state index contributed by atoms with van der Waals surface area (Å²) in [4.78, 5) is 0. The van der Waals surface area contributed by atoms with E-state index in [0.29, 0.717) is 6.10 Å². The maximum atomic E-state index is 5.81. The Hall–Kier alpha value is -0.860. The smallest absolute Gasteiger partial charge is 0.0721 e. The molecule has 0 amide bonds. The van der Waals surface area contributed by atoms with Crippen LogP contribution in [-0.4, -0.2) is 19.2 Å². The summed E-state index contributed by atoms with van der Waals surface area (Å²) < 4.78 is 5.81. The Kier molecular flexibility index (Phi) is 3.55. The van der Waals surface area contributed by atoms with E-state index in [0.717, 1.165) is 19.7 Å². The SMILES string of the molecule is c1ccc(CO[C@H]2CCCNC2)cc1. The fourth-order valence-corrected chi connectivity index (χ4v) is 1.75. The van der Waals surface area contributed by atoms with E-state index in [1.807, 2.05) is 6.07 Å². The van der Waals surface area contributed by atoms with E-state index in [-0.39, 0.29) is 0 Å². The maximum Gasteiger partial charge on any atom is 0.0721 e. The van der Waals surface area contributed by atoms with Gasteiger partial charge in [-0.05, 0) is 24.9 Å². The lowest BCUT2D eigenvalue weighted by Crippen LogP contribution is -2.35. The molecule has 0 saturated carbocycles. The van der Waals surface area contributed by atoms with Gasteiger partial charge in [0.2, 0.25) is 0 Å². The average Bonchev–Trinajstić information content (AvgIpc) is 2.29. The summed E-state index contributed by atoms with van der Waals surface area (Å²) in [6, 6.07) is 10.4. The Morgan fingerprint density at radius 2 is 2.14 bits per heavy atom. The molecule has 2 heteroatoms. The molecule has 0 spiro atoms. The number of nitrogens with one attached hydrogen (secondary N) is 1. The van der Waals surface area contributed by atoms with Gasteiger partial charge in [0.15, 0.2) is 0 Å². The van der Waals surface area contributed by atoms with Gasteiger partial charge in [0.1, 0.15) is 0 Å². The Balaban J connectivity index is 1.76. The minimum atomic E-state index is 0.406. The highest BCUT2D eigenvalue weighted by Crippen LogP contribution is 2.09. The summed E-state index contributed by atoms with van der Waals surface area (Å²) in [5, 5.41) is 3.35. The third-order valence-corrected chi connectivity index (χ3v) is 2.58. The molecule has 1 N–H and O–H groups in total. The number of hydrogen-bond acceptors (Lipinski definition) is 2. The lowest BCUT2D eigenvalue weighted by Gasteiger charge is -2.23. The van der Waals surface area contributed by atoms with E-state index in [9.17, 15) is 0 Å². The second-order valence-electron chi connectivity index (χ2n) is 3.76. The van der Waals surface area contributed by atoms with Crippen molar-refractivity contribution in [1.82, 2.24) is 5.32 Å². The largest absolute Gasteiger partial charge is 0.372 e. The second kappa shape index (κ2) is 5.13. The van der Waals surface area contributed by atoms with Gasteiger partial charge in [-0.25, -0.2) is 0 Å². The molecule has 2 nitrogen and oxygen atoms in total.